The minimum atomic E-state index is -0.162. The summed E-state index contributed by atoms with van der Waals surface area (Å²) in [7, 11) is 1.98. The zero-order valence-electron chi connectivity index (χ0n) is 12.8. The molecule has 2 N–H and O–H groups in total. The maximum atomic E-state index is 12.0. The number of nitrogens with one attached hydrogen (secondary N) is 2. The average Bonchev–Trinajstić information content (AvgIpc) is 2.85. The van der Waals surface area contributed by atoms with Crippen molar-refractivity contribution in [2.45, 2.75) is 0 Å². The lowest BCUT2D eigenvalue weighted by Gasteiger charge is -2.26. The number of aryl methyl sites for hydroxylation is 1. The number of aromatic nitrogens is 1. The van der Waals surface area contributed by atoms with Crippen LogP contribution >= 0.6 is 0 Å². The van der Waals surface area contributed by atoms with Gasteiger partial charge in [-0.05, 0) is 6.07 Å². The normalized spacial score (nSPS) is 15.9. The SMILES string of the molecule is Cn1cc(NC(=O)NCCN2CCOCC2)c2ccccc21. The molecule has 2 aromatic rings. The summed E-state index contributed by atoms with van der Waals surface area (Å²) in [5.41, 5.74) is 1.94. The monoisotopic (exact) mass is 302 g/mol. The molecule has 3 rings (SSSR count). The Balaban J connectivity index is 1.52. The van der Waals surface area contributed by atoms with E-state index in [0.717, 1.165) is 49.4 Å². The first-order chi connectivity index (χ1) is 10.7. The third kappa shape index (κ3) is 3.40. The van der Waals surface area contributed by atoms with Crippen molar-refractivity contribution in [3.63, 3.8) is 0 Å². The fourth-order valence-electron chi connectivity index (χ4n) is 2.76. The second kappa shape index (κ2) is 6.81. The summed E-state index contributed by atoms with van der Waals surface area (Å²) >= 11 is 0. The van der Waals surface area contributed by atoms with Crippen LogP contribution in [0.15, 0.2) is 30.5 Å². The van der Waals surface area contributed by atoms with Gasteiger partial charge in [-0.3, -0.25) is 4.90 Å². The number of ether oxygens (including phenoxy) is 1. The highest BCUT2D eigenvalue weighted by molar-refractivity contribution is 6.01. The number of benzene rings is 1. The lowest BCUT2D eigenvalue weighted by Crippen LogP contribution is -2.42. The second-order valence-corrected chi connectivity index (χ2v) is 5.51. The zero-order chi connectivity index (χ0) is 15.4. The Morgan fingerprint density at radius 2 is 2.05 bits per heavy atom. The Morgan fingerprint density at radius 1 is 1.27 bits per heavy atom. The number of carbonyl (C=O) groups is 1. The van der Waals surface area contributed by atoms with Crippen LogP contribution in [0, 0.1) is 0 Å². The summed E-state index contributed by atoms with van der Waals surface area (Å²) in [6.45, 7) is 4.92. The molecule has 1 aliphatic rings. The van der Waals surface area contributed by atoms with Gasteiger partial charge in [0.05, 0.1) is 18.9 Å². The highest BCUT2D eigenvalue weighted by Crippen LogP contribution is 2.24. The van der Waals surface area contributed by atoms with Gasteiger partial charge < -0.3 is 19.9 Å². The molecule has 2 heterocycles. The molecule has 0 radical (unpaired) electrons. The summed E-state index contributed by atoms with van der Waals surface area (Å²) in [6.07, 6.45) is 1.94. The molecule has 0 saturated carbocycles. The standard InChI is InChI=1S/C16H22N4O2/c1-19-12-14(13-4-2-3-5-15(13)19)18-16(21)17-6-7-20-8-10-22-11-9-20/h2-5,12H,6-11H2,1H3,(H2,17,18,21). The molecule has 2 amide bonds. The van der Waals surface area contributed by atoms with E-state index in [1.165, 1.54) is 0 Å². The molecule has 1 aliphatic heterocycles. The number of rotatable bonds is 4. The zero-order valence-corrected chi connectivity index (χ0v) is 12.8. The van der Waals surface area contributed by atoms with Gasteiger partial charge in [0.25, 0.3) is 0 Å². The van der Waals surface area contributed by atoms with E-state index >= 15 is 0 Å². The minimum Gasteiger partial charge on any atom is -0.379 e. The van der Waals surface area contributed by atoms with Gasteiger partial charge in [-0.2, -0.15) is 0 Å². The van der Waals surface area contributed by atoms with Crippen molar-refractivity contribution in [1.29, 1.82) is 0 Å². The third-order valence-corrected chi connectivity index (χ3v) is 3.96. The number of fused-ring (bicyclic) bond motifs is 1. The molecule has 1 fully saturated rings. The van der Waals surface area contributed by atoms with Crippen molar-refractivity contribution in [2.75, 3.05) is 44.7 Å². The van der Waals surface area contributed by atoms with Crippen molar-refractivity contribution in [3.05, 3.63) is 30.5 Å². The Hall–Kier alpha value is -2.05. The van der Waals surface area contributed by atoms with Gasteiger partial charge in [0, 0.05) is 50.3 Å². The van der Waals surface area contributed by atoms with Gasteiger partial charge >= 0.3 is 6.03 Å². The number of urea groups is 1. The maximum Gasteiger partial charge on any atom is 0.319 e. The first-order valence-corrected chi connectivity index (χ1v) is 7.63. The van der Waals surface area contributed by atoms with E-state index in [1.807, 2.05) is 42.1 Å². The van der Waals surface area contributed by atoms with Crippen LogP contribution in [0.4, 0.5) is 10.5 Å². The molecule has 0 aliphatic carbocycles. The molecule has 6 heteroatoms. The maximum absolute atomic E-state index is 12.0. The predicted octanol–water partition coefficient (Wildman–Crippen LogP) is 1.63. The van der Waals surface area contributed by atoms with E-state index in [2.05, 4.69) is 15.5 Å². The van der Waals surface area contributed by atoms with Crippen LogP contribution in [0.3, 0.4) is 0 Å². The second-order valence-electron chi connectivity index (χ2n) is 5.51. The van der Waals surface area contributed by atoms with Crippen molar-refractivity contribution in [3.8, 4) is 0 Å². The molecule has 118 valence electrons. The first-order valence-electron chi connectivity index (χ1n) is 7.63. The summed E-state index contributed by atoms with van der Waals surface area (Å²) in [6, 6.07) is 7.86. The Kier molecular flexibility index (Phi) is 4.60. The smallest absolute Gasteiger partial charge is 0.319 e. The van der Waals surface area contributed by atoms with Crippen LogP contribution in [0.25, 0.3) is 10.9 Å². The summed E-state index contributed by atoms with van der Waals surface area (Å²) in [4.78, 5) is 14.3. The number of nitrogens with zero attached hydrogens (tertiary/aromatic N) is 2. The molecule has 0 atom stereocenters. The number of morpholine rings is 1. The fraction of sp³-hybridized carbons (Fsp3) is 0.438. The van der Waals surface area contributed by atoms with E-state index < -0.39 is 0 Å². The molecular weight excluding hydrogens is 280 g/mol. The molecule has 1 aromatic carbocycles. The van der Waals surface area contributed by atoms with E-state index in [-0.39, 0.29) is 6.03 Å². The van der Waals surface area contributed by atoms with Crippen LogP contribution < -0.4 is 10.6 Å². The highest BCUT2D eigenvalue weighted by atomic mass is 16.5. The fourth-order valence-corrected chi connectivity index (χ4v) is 2.76. The van der Waals surface area contributed by atoms with Crippen molar-refractivity contribution in [1.82, 2.24) is 14.8 Å². The Bertz CT molecular complexity index is 647. The van der Waals surface area contributed by atoms with Gasteiger partial charge in [0.1, 0.15) is 0 Å². The largest absolute Gasteiger partial charge is 0.379 e. The van der Waals surface area contributed by atoms with Crippen LogP contribution in [-0.4, -0.2) is 54.9 Å². The summed E-state index contributed by atoms with van der Waals surface area (Å²) < 4.78 is 7.32. The molecule has 0 unspecified atom stereocenters. The molecular formula is C16H22N4O2. The van der Waals surface area contributed by atoms with Crippen LogP contribution in [0.1, 0.15) is 0 Å². The van der Waals surface area contributed by atoms with Gasteiger partial charge in [-0.1, -0.05) is 18.2 Å². The van der Waals surface area contributed by atoms with E-state index in [1.54, 1.807) is 0 Å². The van der Waals surface area contributed by atoms with E-state index in [9.17, 15) is 4.79 Å². The highest BCUT2D eigenvalue weighted by Gasteiger charge is 2.11. The molecule has 6 nitrogen and oxygen atoms in total. The number of hydrogen-bond acceptors (Lipinski definition) is 3. The number of carbonyl (C=O) groups excluding carboxylic acids is 1. The van der Waals surface area contributed by atoms with E-state index in [0.29, 0.717) is 6.54 Å². The average molecular weight is 302 g/mol. The van der Waals surface area contributed by atoms with Crippen molar-refractivity contribution in [2.24, 2.45) is 7.05 Å². The predicted molar refractivity (Wildman–Crippen MR) is 87.2 cm³/mol. The molecule has 1 saturated heterocycles. The molecule has 22 heavy (non-hydrogen) atoms. The lowest BCUT2D eigenvalue weighted by atomic mass is 10.2. The number of amides is 2. The van der Waals surface area contributed by atoms with Crippen molar-refractivity contribution >= 4 is 22.6 Å². The molecule has 0 bridgehead atoms. The van der Waals surface area contributed by atoms with Crippen LogP contribution in [0.2, 0.25) is 0 Å². The van der Waals surface area contributed by atoms with E-state index in [4.69, 9.17) is 4.74 Å². The third-order valence-electron chi connectivity index (χ3n) is 3.96. The quantitative estimate of drug-likeness (QED) is 0.902. The number of anilines is 1. The first kappa shape index (κ1) is 14.9. The van der Waals surface area contributed by atoms with Gasteiger partial charge in [0.2, 0.25) is 0 Å². The molecule has 0 spiro atoms. The van der Waals surface area contributed by atoms with Crippen LogP contribution in [0.5, 0.6) is 0 Å². The summed E-state index contributed by atoms with van der Waals surface area (Å²) in [5, 5.41) is 6.89. The van der Waals surface area contributed by atoms with Gasteiger partial charge in [0.15, 0.2) is 0 Å². The van der Waals surface area contributed by atoms with Crippen molar-refractivity contribution < 1.29 is 9.53 Å². The Morgan fingerprint density at radius 3 is 2.86 bits per heavy atom. The number of hydrogen-bond donors (Lipinski definition) is 2. The van der Waals surface area contributed by atoms with Gasteiger partial charge in [-0.15, -0.1) is 0 Å². The topological polar surface area (TPSA) is 58.5 Å². The Labute approximate surface area is 130 Å². The van der Waals surface area contributed by atoms with Gasteiger partial charge in [-0.25, -0.2) is 4.79 Å². The van der Waals surface area contributed by atoms with Crippen LogP contribution in [-0.2, 0) is 11.8 Å². The molecule has 1 aromatic heterocycles. The minimum absolute atomic E-state index is 0.162. The lowest BCUT2D eigenvalue weighted by molar-refractivity contribution is 0.0388. The number of para-hydroxylation sites is 1. The summed E-state index contributed by atoms with van der Waals surface area (Å²) in [5.74, 6) is 0.